The van der Waals surface area contributed by atoms with Crippen molar-refractivity contribution in [3.05, 3.63) is 41.2 Å². The lowest BCUT2D eigenvalue weighted by Gasteiger charge is -2.33. The molecule has 0 radical (unpaired) electrons. The molecule has 0 aromatic carbocycles. The summed E-state index contributed by atoms with van der Waals surface area (Å²) in [4.78, 5) is 54.1. The molecule has 3 aliphatic rings. The van der Waals surface area contributed by atoms with Crippen LogP contribution in [0.25, 0.3) is 0 Å². The van der Waals surface area contributed by atoms with E-state index in [1.165, 1.54) is 37.0 Å². The highest BCUT2D eigenvalue weighted by Crippen LogP contribution is 2.36. The number of nitrogens with one attached hydrogen (secondary N) is 1. The van der Waals surface area contributed by atoms with Gasteiger partial charge in [0.25, 0.3) is 0 Å². The van der Waals surface area contributed by atoms with Crippen molar-refractivity contribution in [2.45, 2.75) is 121 Å². The summed E-state index contributed by atoms with van der Waals surface area (Å²) in [6.07, 6.45) is 17.2. The number of hydrogen-bond donors (Lipinski definition) is 3. The Hall–Kier alpha value is -3.05. The molecule has 3 amide bonds. The van der Waals surface area contributed by atoms with Gasteiger partial charge < -0.3 is 26.0 Å². The molecule has 10 nitrogen and oxygen atoms in total. The van der Waals surface area contributed by atoms with Crippen molar-refractivity contribution in [3.63, 3.8) is 0 Å². The predicted octanol–water partition coefficient (Wildman–Crippen LogP) is 5.40. The SMILES string of the molecule is CN(CCc1ccccn1)C(=O)CN(CC1CCCCC1)C(=O)C[C@@H](Cc1csc(N)n1)C(=O)N[C@@H](CC1CCCCC1)[C@@H](O)CC1CC1. The highest BCUT2D eigenvalue weighted by atomic mass is 32.1. The van der Waals surface area contributed by atoms with E-state index in [0.29, 0.717) is 54.5 Å². The van der Waals surface area contributed by atoms with Gasteiger partial charge in [-0.05, 0) is 55.6 Å². The minimum Gasteiger partial charge on any atom is -0.391 e. The topological polar surface area (TPSA) is 142 Å². The number of carbonyl (C=O) groups is 3. The molecule has 0 aliphatic heterocycles. The van der Waals surface area contributed by atoms with Crippen molar-refractivity contribution in [3.8, 4) is 0 Å². The summed E-state index contributed by atoms with van der Waals surface area (Å²) >= 11 is 1.32. The van der Waals surface area contributed by atoms with E-state index in [-0.39, 0.29) is 43.1 Å². The van der Waals surface area contributed by atoms with Crippen molar-refractivity contribution in [1.82, 2.24) is 25.1 Å². The Kier molecular flexibility index (Phi) is 14.3. The number of carbonyl (C=O) groups excluding carboxylic acids is 3. The number of nitrogen functional groups attached to an aromatic ring is 1. The van der Waals surface area contributed by atoms with E-state index in [4.69, 9.17) is 5.73 Å². The second-order valence-corrected chi connectivity index (χ2v) is 15.9. The molecule has 11 heteroatoms. The van der Waals surface area contributed by atoms with Crippen molar-refractivity contribution >= 4 is 34.2 Å². The summed E-state index contributed by atoms with van der Waals surface area (Å²) in [5.41, 5.74) is 7.56. The summed E-state index contributed by atoms with van der Waals surface area (Å²) in [7, 11) is 1.77. The standard InChI is InChI=1S/C38H58N6O4S/c1-43(19-17-31-14-8-9-18-40-31)36(47)25-44(24-29-12-6-3-7-13-29)35(46)23-30(22-32-26-49-38(39)41-32)37(48)42-33(34(45)21-28-15-16-28)20-27-10-4-2-5-11-27/h8-9,14,18,26-30,33-34,45H,2-7,10-13,15-17,19-25H2,1H3,(H2,39,41)(H,42,48)/t30-,33+,34+/m1/s1. The maximum Gasteiger partial charge on any atom is 0.241 e. The molecule has 270 valence electrons. The van der Waals surface area contributed by atoms with Gasteiger partial charge in [-0.25, -0.2) is 4.98 Å². The number of likely N-dealkylation sites (N-methyl/N-ethyl adjacent to an activating group) is 1. The van der Waals surface area contributed by atoms with E-state index < -0.39 is 12.0 Å². The first-order valence-electron chi connectivity index (χ1n) is 18.8. The molecule has 4 N–H and O–H groups in total. The van der Waals surface area contributed by atoms with Crippen molar-refractivity contribution < 1.29 is 19.5 Å². The molecule has 0 spiro atoms. The molecule has 2 heterocycles. The third-order valence-electron chi connectivity index (χ3n) is 10.9. The van der Waals surface area contributed by atoms with E-state index in [1.54, 1.807) is 23.0 Å². The lowest BCUT2D eigenvalue weighted by atomic mass is 9.83. The first kappa shape index (κ1) is 37.2. The van der Waals surface area contributed by atoms with Crippen LogP contribution in [-0.2, 0) is 27.2 Å². The van der Waals surface area contributed by atoms with Crippen molar-refractivity contribution in [1.29, 1.82) is 0 Å². The minimum absolute atomic E-state index is 0.0174. The van der Waals surface area contributed by atoms with Crippen LogP contribution in [0.1, 0.15) is 108 Å². The molecule has 3 saturated carbocycles. The first-order chi connectivity index (χ1) is 23.7. The van der Waals surface area contributed by atoms with Crippen LogP contribution >= 0.6 is 11.3 Å². The van der Waals surface area contributed by atoms with Gasteiger partial charge in [-0.15, -0.1) is 11.3 Å². The number of anilines is 1. The van der Waals surface area contributed by atoms with Crippen LogP contribution < -0.4 is 11.1 Å². The Morgan fingerprint density at radius 3 is 2.27 bits per heavy atom. The molecule has 3 aliphatic carbocycles. The van der Waals surface area contributed by atoms with Gasteiger partial charge in [0, 0.05) is 56.7 Å². The van der Waals surface area contributed by atoms with E-state index in [9.17, 15) is 19.5 Å². The van der Waals surface area contributed by atoms with Gasteiger partial charge >= 0.3 is 0 Å². The van der Waals surface area contributed by atoms with Crippen LogP contribution in [0.2, 0.25) is 0 Å². The number of nitrogens with zero attached hydrogens (tertiary/aromatic N) is 4. The Bertz CT molecular complexity index is 1320. The fourth-order valence-electron chi connectivity index (χ4n) is 7.69. The van der Waals surface area contributed by atoms with Crippen LogP contribution in [-0.4, -0.2) is 81.4 Å². The summed E-state index contributed by atoms with van der Waals surface area (Å²) in [5.74, 6) is 0.121. The minimum atomic E-state index is -0.693. The third kappa shape index (κ3) is 12.3. The molecule has 3 fully saturated rings. The van der Waals surface area contributed by atoms with Gasteiger partial charge in [0.05, 0.1) is 30.3 Å². The third-order valence-corrected chi connectivity index (χ3v) is 11.7. The van der Waals surface area contributed by atoms with Gasteiger partial charge in [-0.1, -0.05) is 70.3 Å². The average molecular weight is 695 g/mol. The van der Waals surface area contributed by atoms with Crippen LogP contribution in [0.15, 0.2) is 29.8 Å². The fourth-order valence-corrected chi connectivity index (χ4v) is 8.27. The maximum absolute atomic E-state index is 14.2. The van der Waals surface area contributed by atoms with Gasteiger partial charge in [-0.2, -0.15) is 0 Å². The Morgan fingerprint density at radius 1 is 0.939 bits per heavy atom. The zero-order valence-corrected chi connectivity index (χ0v) is 30.3. The smallest absolute Gasteiger partial charge is 0.241 e. The summed E-state index contributed by atoms with van der Waals surface area (Å²) < 4.78 is 0. The van der Waals surface area contributed by atoms with Gasteiger partial charge in [0.1, 0.15) is 0 Å². The number of aliphatic hydroxyl groups is 1. The summed E-state index contributed by atoms with van der Waals surface area (Å²) in [6.45, 7) is 1.00. The molecule has 0 unspecified atom stereocenters. The zero-order valence-electron chi connectivity index (χ0n) is 29.4. The normalized spacial score (nSPS) is 19.1. The maximum atomic E-state index is 14.2. The number of amides is 3. The average Bonchev–Trinajstić information content (AvgIpc) is 3.84. The van der Waals surface area contributed by atoms with Crippen molar-refractivity contribution in [2.24, 2.45) is 23.7 Å². The molecule has 0 bridgehead atoms. The molecule has 2 aromatic heterocycles. The highest BCUT2D eigenvalue weighted by Gasteiger charge is 2.35. The van der Waals surface area contributed by atoms with Crippen LogP contribution in [0.4, 0.5) is 5.13 Å². The van der Waals surface area contributed by atoms with Crippen LogP contribution in [0, 0.1) is 23.7 Å². The van der Waals surface area contributed by atoms with Gasteiger partial charge in [0.2, 0.25) is 17.7 Å². The van der Waals surface area contributed by atoms with Crippen LogP contribution in [0.3, 0.4) is 0 Å². The Balaban J connectivity index is 1.29. The lowest BCUT2D eigenvalue weighted by molar-refractivity contribution is -0.142. The number of aromatic nitrogens is 2. The number of hydrogen-bond acceptors (Lipinski definition) is 8. The molecular weight excluding hydrogens is 637 g/mol. The van der Waals surface area contributed by atoms with E-state index >= 15 is 0 Å². The Labute approximate surface area is 296 Å². The van der Waals surface area contributed by atoms with E-state index in [1.807, 2.05) is 23.6 Å². The number of nitrogens with two attached hydrogens (primary N) is 1. The summed E-state index contributed by atoms with van der Waals surface area (Å²) in [6, 6.07) is 5.41. The number of pyridine rings is 1. The summed E-state index contributed by atoms with van der Waals surface area (Å²) in [5, 5.41) is 16.8. The molecule has 3 atom stereocenters. The predicted molar refractivity (Wildman–Crippen MR) is 194 cm³/mol. The number of rotatable bonds is 18. The largest absolute Gasteiger partial charge is 0.391 e. The zero-order chi connectivity index (χ0) is 34.6. The lowest BCUT2D eigenvalue weighted by Crippen LogP contribution is -2.49. The molecule has 0 saturated heterocycles. The van der Waals surface area contributed by atoms with Crippen molar-refractivity contribution in [2.75, 3.05) is 32.4 Å². The first-order valence-corrected chi connectivity index (χ1v) is 19.7. The second-order valence-electron chi connectivity index (χ2n) is 15.0. The van der Waals surface area contributed by atoms with E-state index in [2.05, 4.69) is 15.3 Å². The molecular formula is C38H58N6O4S. The van der Waals surface area contributed by atoms with E-state index in [0.717, 1.165) is 63.5 Å². The highest BCUT2D eigenvalue weighted by molar-refractivity contribution is 7.13. The number of aliphatic hydroxyl groups excluding tert-OH is 1. The molecule has 5 rings (SSSR count). The van der Waals surface area contributed by atoms with Crippen LogP contribution in [0.5, 0.6) is 0 Å². The second kappa shape index (κ2) is 18.8. The van der Waals surface area contributed by atoms with Gasteiger partial charge in [-0.3, -0.25) is 19.4 Å². The molecule has 49 heavy (non-hydrogen) atoms. The molecule has 2 aromatic rings. The number of thiazole rings is 1. The fraction of sp³-hybridized carbons (Fsp3) is 0.711. The monoisotopic (exact) mass is 694 g/mol. The Morgan fingerprint density at radius 2 is 1.63 bits per heavy atom. The quantitative estimate of drug-likeness (QED) is 0.190. The van der Waals surface area contributed by atoms with Gasteiger partial charge in [0.15, 0.2) is 5.13 Å².